The Morgan fingerprint density at radius 1 is 1.04 bits per heavy atom. The van der Waals surface area contributed by atoms with E-state index in [1.54, 1.807) is 25.1 Å². The molecule has 6 heteroatoms. The highest BCUT2D eigenvalue weighted by molar-refractivity contribution is 7.92. The van der Waals surface area contributed by atoms with Crippen molar-refractivity contribution in [1.29, 1.82) is 0 Å². The predicted octanol–water partition coefficient (Wildman–Crippen LogP) is 4.33. The van der Waals surface area contributed by atoms with Gasteiger partial charge < -0.3 is 5.32 Å². The van der Waals surface area contributed by atoms with Crippen LogP contribution in [0.2, 0.25) is 0 Å². The lowest BCUT2D eigenvalue weighted by atomic mass is 10.1. The first-order valence-corrected chi connectivity index (χ1v) is 10.6. The van der Waals surface area contributed by atoms with Gasteiger partial charge in [0.2, 0.25) is 0 Å². The lowest BCUT2D eigenvalue weighted by Gasteiger charge is -2.15. The number of sulfonamides is 1. The smallest absolute Gasteiger partial charge is 0.262 e. The molecule has 27 heavy (non-hydrogen) atoms. The molecule has 0 heterocycles. The molecule has 2 rings (SSSR count). The minimum atomic E-state index is -3.81. The molecule has 5 nitrogen and oxygen atoms in total. The van der Waals surface area contributed by atoms with Gasteiger partial charge in [0.15, 0.2) is 0 Å². The number of hydrogen-bond acceptors (Lipinski definition) is 3. The summed E-state index contributed by atoms with van der Waals surface area (Å²) >= 11 is 0. The molecule has 0 aliphatic carbocycles. The summed E-state index contributed by atoms with van der Waals surface area (Å²) in [7, 11) is -3.81. The quantitative estimate of drug-likeness (QED) is 0.741. The summed E-state index contributed by atoms with van der Waals surface area (Å²) in [5.74, 6) is -0.265. The van der Waals surface area contributed by atoms with Gasteiger partial charge in [-0.05, 0) is 69.0 Å². The summed E-state index contributed by atoms with van der Waals surface area (Å²) in [5.41, 5.74) is 3.27. The largest absolute Gasteiger partial charge is 0.350 e. The lowest BCUT2D eigenvalue weighted by molar-refractivity contribution is 0.0938. The van der Waals surface area contributed by atoms with Gasteiger partial charge in [-0.1, -0.05) is 31.5 Å². The Labute approximate surface area is 162 Å². The minimum absolute atomic E-state index is 0.0388. The first kappa shape index (κ1) is 21.0. The molecular formula is C21H28N2O3S. The van der Waals surface area contributed by atoms with Gasteiger partial charge in [-0.2, -0.15) is 0 Å². The van der Waals surface area contributed by atoms with Crippen molar-refractivity contribution in [1.82, 2.24) is 5.32 Å². The molecular weight excluding hydrogens is 360 g/mol. The number of aryl methyl sites for hydroxylation is 3. The van der Waals surface area contributed by atoms with Crippen LogP contribution < -0.4 is 10.0 Å². The van der Waals surface area contributed by atoms with Crippen LogP contribution in [0.5, 0.6) is 0 Å². The van der Waals surface area contributed by atoms with E-state index in [1.165, 1.54) is 6.07 Å². The maximum Gasteiger partial charge on any atom is 0.262 e. The Hall–Kier alpha value is -2.34. The van der Waals surface area contributed by atoms with Gasteiger partial charge in [-0.3, -0.25) is 9.52 Å². The van der Waals surface area contributed by atoms with Gasteiger partial charge in [-0.15, -0.1) is 0 Å². The van der Waals surface area contributed by atoms with E-state index in [1.807, 2.05) is 32.9 Å². The van der Waals surface area contributed by atoms with Crippen molar-refractivity contribution in [2.75, 3.05) is 4.72 Å². The average molecular weight is 389 g/mol. The Bertz CT molecular complexity index is 936. The highest BCUT2D eigenvalue weighted by Gasteiger charge is 2.20. The molecule has 1 atom stereocenters. The van der Waals surface area contributed by atoms with Crippen LogP contribution in [-0.4, -0.2) is 20.4 Å². The van der Waals surface area contributed by atoms with E-state index in [2.05, 4.69) is 17.0 Å². The van der Waals surface area contributed by atoms with Crippen molar-refractivity contribution in [3.63, 3.8) is 0 Å². The van der Waals surface area contributed by atoms with Crippen LogP contribution in [0.1, 0.15) is 53.7 Å². The first-order chi connectivity index (χ1) is 12.6. The van der Waals surface area contributed by atoms with Crippen molar-refractivity contribution in [2.24, 2.45) is 0 Å². The van der Waals surface area contributed by atoms with Crippen LogP contribution in [0.25, 0.3) is 0 Å². The fourth-order valence-corrected chi connectivity index (χ4v) is 4.28. The third-order valence-corrected chi connectivity index (χ3v) is 5.98. The zero-order chi connectivity index (χ0) is 20.2. The number of carbonyl (C=O) groups is 1. The maximum absolute atomic E-state index is 12.9. The molecule has 1 amide bonds. The maximum atomic E-state index is 12.9. The molecule has 2 aromatic carbocycles. The van der Waals surface area contributed by atoms with Gasteiger partial charge >= 0.3 is 0 Å². The molecule has 2 N–H and O–H groups in total. The zero-order valence-corrected chi connectivity index (χ0v) is 17.4. The normalized spacial score (nSPS) is 12.5. The van der Waals surface area contributed by atoms with Crippen molar-refractivity contribution in [3.8, 4) is 0 Å². The highest BCUT2D eigenvalue weighted by atomic mass is 32.2. The fraction of sp³-hybridized carbons (Fsp3) is 0.381. The molecule has 0 unspecified atom stereocenters. The molecule has 0 bridgehead atoms. The number of amides is 1. The van der Waals surface area contributed by atoms with Crippen molar-refractivity contribution >= 4 is 21.6 Å². The third-order valence-electron chi connectivity index (χ3n) is 4.48. The second kappa shape index (κ2) is 8.57. The Morgan fingerprint density at radius 2 is 1.70 bits per heavy atom. The number of rotatable bonds is 7. The zero-order valence-electron chi connectivity index (χ0n) is 16.6. The van der Waals surface area contributed by atoms with E-state index in [-0.39, 0.29) is 16.8 Å². The van der Waals surface area contributed by atoms with Gasteiger partial charge in [0.05, 0.1) is 10.6 Å². The van der Waals surface area contributed by atoms with Gasteiger partial charge in [0.25, 0.3) is 15.9 Å². The summed E-state index contributed by atoms with van der Waals surface area (Å²) in [6.07, 6.45) is 1.84. The number of carbonyl (C=O) groups excluding carboxylic acids is 1. The lowest BCUT2D eigenvalue weighted by Crippen LogP contribution is -2.32. The molecule has 0 aliphatic rings. The summed E-state index contributed by atoms with van der Waals surface area (Å²) in [6, 6.07) is 10.4. The van der Waals surface area contributed by atoms with E-state index in [0.717, 1.165) is 24.0 Å². The van der Waals surface area contributed by atoms with Crippen LogP contribution >= 0.6 is 0 Å². The first-order valence-electron chi connectivity index (χ1n) is 9.15. The highest BCUT2D eigenvalue weighted by Crippen LogP contribution is 2.24. The predicted molar refractivity (Wildman–Crippen MR) is 110 cm³/mol. The number of hydrogen-bond donors (Lipinski definition) is 2. The molecule has 0 saturated heterocycles. The van der Waals surface area contributed by atoms with Gasteiger partial charge in [0.1, 0.15) is 0 Å². The molecule has 0 aliphatic heterocycles. The van der Waals surface area contributed by atoms with Crippen LogP contribution in [0.15, 0.2) is 41.3 Å². The van der Waals surface area contributed by atoms with E-state index < -0.39 is 10.0 Å². The summed E-state index contributed by atoms with van der Waals surface area (Å²) < 4.78 is 28.5. The number of anilines is 1. The Balaban J connectivity index is 2.33. The standard InChI is InChI=1S/C21H28N2O3S/c1-6-7-17(5)22-21(24)18-11-10-16(4)20(13-18)27(25,26)23-19-12-14(2)8-9-15(19)3/h8-13,17,23H,6-7H2,1-5H3,(H,22,24)/t17-/m0/s1. The fourth-order valence-electron chi connectivity index (χ4n) is 2.89. The molecule has 0 spiro atoms. The van der Waals surface area contributed by atoms with E-state index >= 15 is 0 Å². The molecule has 0 fully saturated rings. The molecule has 0 saturated carbocycles. The SMILES string of the molecule is CCC[C@H](C)NC(=O)c1ccc(C)c(S(=O)(=O)Nc2cc(C)ccc2C)c1. The Kier molecular flexibility index (Phi) is 6.65. The molecule has 2 aromatic rings. The monoisotopic (exact) mass is 388 g/mol. The van der Waals surface area contributed by atoms with E-state index in [9.17, 15) is 13.2 Å². The number of benzene rings is 2. The molecule has 0 aromatic heterocycles. The molecule has 146 valence electrons. The summed E-state index contributed by atoms with van der Waals surface area (Å²) in [6.45, 7) is 9.47. The van der Waals surface area contributed by atoms with Crippen LogP contribution in [0.3, 0.4) is 0 Å². The van der Waals surface area contributed by atoms with E-state index in [0.29, 0.717) is 16.8 Å². The average Bonchev–Trinajstić information content (AvgIpc) is 2.58. The van der Waals surface area contributed by atoms with Crippen LogP contribution in [0.4, 0.5) is 5.69 Å². The van der Waals surface area contributed by atoms with Crippen LogP contribution in [-0.2, 0) is 10.0 Å². The van der Waals surface area contributed by atoms with Gasteiger partial charge in [-0.25, -0.2) is 8.42 Å². The number of nitrogens with one attached hydrogen (secondary N) is 2. The van der Waals surface area contributed by atoms with Gasteiger partial charge in [0, 0.05) is 11.6 Å². The topological polar surface area (TPSA) is 75.3 Å². The van der Waals surface area contributed by atoms with Crippen LogP contribution in [0, 0.1) is 20.8 Å². The summed E-state index contributed by atoms with van der Waals surface area (Å²) in [5, 5.41) is 2.91. The molecule has 0 radical (unpaired) electrons. The third kappa shape index (κ3) is 5.32. The Morgan fingerprint density at radius 3 is 2.37 bits per heavy atom. The van der Waals surface area contributed by atoms with Crippen molar-refractivity contribution < 1.29 is 13.2 Å². The minimum Gasteiger partial charge on any atom is -0.350 e. The second-order valence-electron chi connectivity index (χ2n) is 7.07. The van der Waals surface area contributed by atoms with Crippen molar-refractivity contribution in [3.05, 3.63) is 58.7 Å². The second-order valence-corrected chi connectivity index (χ2v) is 8.72. The van der Waals surface area contributed by atoms with E-state index in [4.69, 9.17) is 0 Å². The summed E-state index contributed by atoms with van der Waals surface area (Å²) in [4.78, 5) is 12.6. The van der Waals surface area contributed by atoms with Crippen molar-refractivity contribution in [2.45, 2.75) is 58.4 Å².